The molecule has 0 radical (unpaired) electrons. The van der Waals surface area contributed by atoms with Crippen LogP contribution in [-0.2, 0) is 0 Å². The number of hydrogen-bond donors (Lipinski definition) is 1. The maximum atomic E-state index is 13.0. The van der Waals surface area contributed by atoms with Crippen LogP contribution >= 0.6 is 0 Å². The molecule has 19 heavy (non-hydrogen) atoms. The number of aryl methyl sites for hydroxylation is 1. The minimum Gasteiger partial charge on any atom is -0.493 e. The minimum absolute atomic E-state index is 0.197. The van der Waals surface area contributed by atoms with Gasteiger partial charge in [0, 0.05) is 23.7 Å². The molecule has 0 amide bonds. The fourth-order valence-electron chi connectivity index (χ4n) is 2.46. The van der Waals surface area contributed by atoms with Gasteiger partial charge in [-0.15, -0.1) is 0 Å². The van der Waals surface area contributed by atoms with Crippen molar-refractivity contribution in [2.24, 2.45) is 0 Å². The largest absolute Gasteiger partial charge is 0.493 e. The molecule has 1 aliphatic heterocycles. The first-order chi connectivity index (χ1) is 9.24. The highest BCUT2D eigenvalue weighted by Gasteiger charge is 2.23. The fourth-order valence-corrected chi connectivity index (χ4v) is 2.46. The Morgan fingerprint density at radius 1 is 1.26 bits per heavy atom. The van der Waals surface area contributed by atoms with E-state index in [1.54, 1.807) is 12.1 Å². The standard InChI is InChI=1S/C16H16FNO/c1-11-8-13(17)6-7-15(11)18-9-12-10-19-16-5-3-2-4-14(12)16/h2-8,12,18H,9-10H2,1H3. The van der Waals surface area contributed by atoms with E-state index in [0.717, 1.165) is 23.5 Å². The van der Waals surface area contributed by atoms with Crippen molar-refractivity contribution >= 4 is 5.69 Å². The molecule has 0 saturated carbocycles. The first-order valence-corrected chi connectivity index (χ1v) is 6.46. The highest BCUT2D eigenvalue weighted by Crippen LogP contribution is 2.33. The molecule has 2 aromatic carbocycles. The molecule has 2 aromatic rings. The van der Waals surface area contributed by atoms with Gasteiger partial charge in [0.05, 0.1) is 6.61 Å². The molecular weight excluding hydrogens is 241 g/mol. The van der Waals surface area contributed by atoms with Crippen LogP contribution in [0.1, 0.15) is 17.0 Å². The van der Waals surface area contributed by atoms with Crippen molar-refractivity contribution in [2.45, 2.75) is 12.8 Å². The van der Waals surface area contributed by atoms with Gasteiger partial charge in [-0.25, -0.2) is 4.39 Å². The minimum atomic E-state index is -0.197. The van der Waals surface area contributed by atoms with Crippen molar-refractivity contribution < 1.29 is 9.13 Å². The highest BCUT2D eigenvalue weighted by atomic mass is 19.1. The lowest BCUT2D eigenvalue weighted by Gasteiger charge is -2.13. The molecule has 1 atom stereocenters. The number of fused-ring (bicyclic) bond motifs is 1. The van der Waals surface area contributed by atoms with E-state index in [1.807, 2.05) is 25.1 Å². The van der Waals surface area contributed by atoms with Gasteiger partial charge in [0.2, 0.25) is 0 Å². The average molecular weight is 257 g/mol. The Bertz CT molecular complexity index is 597. The van der Waals surface area contributed by atoms with Crippen molar-refractivity contribution in [3.63, 3.8) is 0 Å². The average Bonchev–Trinajstić information content (AvgIpc) is 2.81. The molecule has 1 unspecified atom stereocenters. The number of halogens is 1. The van der Waals surface area contributed by atoms with Gasteiger partial charge in [-0.3, -0.25) is 0 Å². The van der Waals surface area contributed by atoms with Crippen molar-refractivity contribution in [1.82, 2.24) is 0 Å². The SMILES string of the molecule is Cc1cc(F)ccc1NCC1COc2ccccc21. The topological polar surface area (TPSA) is 21.3 Å². The summed E-state index contributed by atoms with van der Waals surface area (Å²) in [5.41, 5.74) is 3.15. The molecule has 98 valence electrons. The molecule has 1 aliphatic rings. The number of anilines is 1. The van der Waals surface area contributed by atoms with E-state index in [4.69, 9.17) is 4.74 Å². The van der Waals surface area contributed by atoms with Crippen LogP contribution in [0.4, 0.5) is 10.1 Å². The summed E-state index contributed by atoms with van der Waals surface area (Å²) in [5.74, 6) is 1.13. The lowest BCUT2D eigenvalue weighted by Crippen LogP contribution is -2.14. The second-order valence-corrected chi connectivity index (χ2v) is 4.89. The fraction of sp³-hybridized carbons (Fsp3) is 0.250. The Labute approximate surface area is 112 Å². The van der Waals surface area contributed by atoms with Crippen LogP contribution in [0.5, 0.6) is 5.75 Å². The summed E-state index contributed by atoms with van der Waals surface area (Å²) in [7, 11) is 0. The Kier molecular flexibility index (Phi) is 3.11. The number of para-hydroxylation sites is 1. The second-order valence-electron chi connectivity index (χ2n) is 4.89. The molecule has 0 aromatic heterocycles. The molecule has 0 fully saturated rings. The monoisotopic (exact) mass is 257 g/mol. The van der Waals surface area contributed by atoms with E-state index >= 15 is 0 Å². The molecule has 0 saturated heterocycles. The molecule has 0 aliphatic carbocycles. The summed E-state index contributed by atoms with van der Waals surface area (Å²) in [5, 5.41) is 3.38. The van der Waals surface area contributed by atoms with E-state index in [1.165, 1.54) is 11.6 Å². The van der Waals surface area contributed by atoms with Crippen LogP contribution in [-0.4, -0.2) is 13.2 Å². The Morgan fingerprint density at radius 3 is 2.95 bits per heavy atom. The van der Waals surface area contributed by atoms with E-state index in [-0.39, 0.29) is 5.82 Å². The van der Waals surface area contributed by atoms with Crippen molar-refractivity contribution in [1.29, 1.82) is 0 Å². The third-order valence-electron chi connectivity index (χ3n) is 3.53. The van der Waals surface area contributed by atoms with Crippen molar-refractivity contribution in [3.8, 4) is 5.75 Å². The lowest BCUT2D eigenvalue weighted by atomic mass is 10.0. The van der Waals surface area contributed by atoms with E-state index < -0.39 is 0 Å². The van der Waals surface area contributed by atoms with Gasteiger partial charge in [-0.1, -0.05) is 18.2 Å². The van der Waals surface area contributed by atoms with Gasteiger partial charge in [-0.05, 0) is 36.8 Å². The Morgan fingerprint density at radius 2 is 2.11 bits per heavy atom. The summed E-state index contributed by atoms with van der Waals surface area (Å²) < 4.78 is 18.7. The predicted octanol–water partition coefficient (Wildman–Crippen LogP) is 3.72. The van der Waals surface area contributed by atoms with Crippen LogP contribution in [0.2, 0.25) is 0 Å². The van der Waals surface area contributed by atoms with Gasteiger partial charge in [0.1, 0.15) is 11.6 Å². The van der Waals surface area contributed by atoms with Gasteiger partial charge >= 0.3 is 0 Å². The third kappa shape index (κ3) is 2.41. The zero-order chi connectivity index (χ0) is 13.2. The number of benzene rings is 2. The highest BCUT2D eigenvalue weighted by molar-refractivity contribution is 5.51. The lowest BCUT2D eigenvalue weighted by molar-refractivity contribution is 0.334. The molecule has 0 bridgehead atoms. The first-order valence-electron chi connectivity index (χ1n) is 6.46. The van der Waals surface area contributed by atoms with Crippen molar-refractivity contribution in [2.75, 3.05) is 18.5 Å². The summed E-state index contributed by atoms with van der Waals surface area (Å²) in [6, 6.07) is 12.9. The van der Waals surface area contributed by atoms with Crippen LogP contribution in [0.15, 0.2) is 42.5 Å². The number of ether oxygens (including phenoxy) is 1. The van der Waals surface area contributed by atoms with Gasteiger partial charge < -0.3 is 10.1 Å². The van der Waals surface area contributed by atoms with Gasteiger partial charge in [0.15, 0.2) is 0 Å². The second kappa shape index (κ2) is 4.92. The van der Waals surface area contributed by atoms with Crippen LogP contribution in [0, 0.1) is 12.7 Å². The first kappa shape index (κ1) is 12.0. The molecular formula is C16H16FNO. The summed E-state index contributed by atoms with van der Waals surface area (Å²) >= 11 is 0. The number of hydrogen-bond acceptors (Lipinski definition) is 2. The third-order valence-corrected chi connectivity index (χ3v) is 3.53. The Balaban J connectivity index is 1.71. The van der Waals surface area contributed by atoms with Gasteiger partial charge in [-0.2, -0.15) is 0 Å². The maximum absolute atomic E-state index is 13.0. The molecule has 1 heterocycles. The van der Waals surface area contributed by atoms with Crippen LogP contribution in [0.25, 0.3) is 0 Å². The zero-order valence-electron chi connectivity index (χ0n) is 10.8. The van der Waals surface area contributed by atoms with Gasteiger partial charge in [0.25, 0.3) is 0 Å². The zero-order valence-corrected chi connectivity index (χ0v) is 10.8. The normalized spacial score (nSPS) is 16.8. The predicted molar refractivity (Wildman–Crippen MR) is 74.3 cm³/mol. The van der Waals surface area contributed by atoms with Crippen LogP contribution < -0.4 is 10.1 Å². The maximum Gasteiger partial charge on any atom is 0.123 e. The molecule has 3 rings (SSSR count). The van der Waals surface area contributed by atoms with Crippen LogP contribution in [0.3, 0.4) is 0 Å². The number of rotatable bonds is 3. The summed E-state index contributed by atoms with van der Waals surface area (Å²) in [4.78, 5) is 0. The van der Waals surface area contributed by atoms with Crippen molar-refractivity contribution in [3.05, 3.63) is 59.4 Å². The van der Waals surface area contributed by atoms with E-state index in [2.05, 4.69) is 11.4 Å². The van der Waals surface area contributed by atoms with E-state index in [0.29, 0.717) is 12.5 Å². The van der Waals surface area contributed by atoms with E-state index in [9.17, 15) is 4.39 Å². The summed E-state index contributed by atoms with van der Waals surface area (Å²) in [6.45, 7) is 3.40. The molecule has 1 N–H and O–H groups in total. The summed E-state index contributed by atoms with van der Waals surface area (Å²) in [6.07, 6.45) is 0. The quantitative estimate of drug-likeness (QED) is 0.904. The smallest absolute Gasteiger partial charge is 0.123 e. The molecule has 3 heteroatoms. The molecule has 0 spiro atoms. The molecule has 2 nitrogen and oxygen atoms in total. The Hall–Kier alpha value is -2.03. The number of nitrogens with one attached hydrogen (secondary N) is 1.